The molecule has 0 saturated carbocycles. The predicted octanol–water partition coefficient (Wildman–Crippen LogP) is 8.11. The van der Waals surface area contributed by atoms with Crippen molar-refractivity contribution in [1.82, 2.24) is 40.4 Å². The number of hydrogen-bond donors (Lipinski definition) is 4. The van der Waals surface area contributed by atoms with E-state index in [1.807, 2.05) is 43.7 Å². The molecule has 0 bridgehead atoms. The second kappa shape index (κ2) is 17.5. The summed E-state index contributed by atoms with van der Waals surface area (Å²) in [7, 11) is 0.831. The molecule has 4 N–H and O–H groups in total. The Labute approximate surface area is 352 Å². The molecule has 14 nitrogen and oxygen atoms in total. The average Bonchev–Trinajstić information content (AvgIpc) is 4.09. The summed E-state index contributed by atoms with van der Waals surface area (Å²) < 4.78 is 9.69. The number of likely N-dealkylation sites (tertiary alicyclic amines) is 1. The largest absolute Gasteiger partial charge is 0.453 e. The fraction of sp³-hybridized carbons (Fsp3) is 0.467. The molecule has 15 heteroatoms. The summed E-state index contributed by atoms with van der Waals surface area (Å²) in [5, 5.41) is 7.64. The predicted molar refractivity (Wildman–Crippen MR) is 235 cm³/mol. The lowest BCUT2D eigenvalue weighted by Gasteiger charge is -2.31. The van der Waals surface area contributed by atoms with Gasteiger partial charge in [0.25, 0.3) is 0 Å². The van der Waals surface area contributed by atoms with Crippen molar-refractivity contribution in [2.75, 3.05) is 26.9 Å². The maximum absolute atomic E-state index is 14.1. The van der Waals surface area contributed by atoms with Crippen molar-refractivity contribution in [2.24, 2.45) is 11.8 Å². The molecule has 2 saturated heterocycles. The lowest BCUT2D eigenvalue weighted by molar-refractivity contribution is -0.136. The second-order valence-electron chi connectivity index (χ2n) is 17.3. The lowest BCUT2D eigenvalue weighted by Crippen LogP contribution is -2.52. The first-order chi connectivity index (χ1) is 28.7. The van der Waals surface area contributed by atoms with Crippen molar-refractivity contribution in [2.45, 2.75) is 96.7 Å². The molecule has 4 amide bonds. The van der Waals surface area contributed by atoms with Gasteiger partial charge in [0.05, 0.1) is 57.3 Å². The van der Waals surface area contributed by atoms with Gasteiger partial charge in [0, 0.05) is 18.1 Å². The number of hydrogen-bond acceptors (Lipinski definition) is 8. The average molecular weight is 835 g/mol. The summed E-state index contributed by atoms with van der Waals surface area (Å²) in [4.78, 5) is 73.0. The number of carbonyl (C=O) groups excluding carboxylic acids is 4. The van der Waals surface area contributed by atoms with Gasteiger partial charge in [0.1, 0.15) is 23.7 Å². The van der Waals surface area contributed by atoms with Crippen LogP contribution < -0.4 is 10.6 Å². The van der Waals surface area contributed by atoms with E-state index >= 15 is 0 Å². The van der Waals surface area contributed by atoms with Crippen LogP contribution in [-0.2, 0) is 19.1 Å². The number of rotatable bonds is 12. The number of aromatic amines is 2. The number of alkyl carbamates (subject to hydrolysis) is 2. The van der Waals surface area contributed by atoms with E-state index in [9.17, 15) is 19.2 Å². The van der Waals surface area contributed by atoms with Gasteiger partial charge in [-0.3, -0.25) is 9.59 Å². The highest BCUT2D eigenvalue weighted by molar-refractivity contribution is 6.78. The molecule has 0 spiro atoms. The van der Waals surface area contributed by atoms with Crippen LogP contribution in [0.1, 0.15) is 77.1 Å². The van der Waals surface area contributed by atoms with Gasteiger partial charge in [-0.25, -0.2) is 19.6 Å². The Kier molecular flexibility index (Phi) is 12.4. The SMILES string of the molecule is CC[C@@H](C)[C@H](NC(=O)OC)C(=O)N1C[Si](C)(C)C[C@@H]1c1nc2c(ccc3cc(-c4ccc(-c5cnc([C@H]6CCCN6C(=O)[C@H](NC(=O)OC)[C@@H](C)CC)[nH]5)cc4)ccc32)[nH]1. The van der Waals surface area contributed by atoms with Crippen LogP contribution in [0.25, 0.3) is 44.2 Å². The third-order valence-electron chi connectivity index (χ3n) is 12.7. The minimum atomic E-state index is -1.78. The molecule has 2 aliphatic heterocycles. The zero-order valence-electron chi connectivity index (χ0n) is 35.9. The Hall–Kier alpha value is -5.70. The van der Waals surface area contributed by atoms with Gasteiger partial charge < -0.3 is 39.9 Å². The molecule has 6 atom stereocenters. The van der Waals surface area contributed by atoms with Gasteiger partial charge in [0.2, 0.25) is 11.8 Å². The monoisotopic (exact) mass is 834 g/mol. The number of nitrogens with zero attached hydrogens (tertiary/aromatic N) is 4. The van der Waals surface area contributed by atoms with E-state index in [-0.39, 0.29) is 35.7 Å². The fourth-order valence-corrected chi connectivity index (χ4v) is 11.7. The maximum atomic E-state index is 14.1. The first kappa shape index (κ1) is 42.4. The number of H-pyrrole nitrogens is 2. The van der Waals surface area contributed by atoms with Gasteiger partial charge in [0.15, 0.2) is 0 Å². The summed E-state index contributed by atoms with van der Waals surface area (Å²) in [6.45, 7) is 13.1. The Morgan fingerprint density at radius 3 is 2.05 bits per heavy atom. The molecular formula is C45H58N8O6Si. The molecule has 0 radical (unpaired) electrons. The lowest BCUT2D eigenvalue weighted by atomic mass is 9.97. The van der Waals surface area contributed by atoms with Crippen LogP contribution in [-0.4, -0.2) is 101 Å². The van der Waals surface area contributed by atoms with Crippen molar-refractivity contribution in [3.8, 4) is 22.4 Å². The molecular weight excluding hydrogens is 777 g/mol. The van der Waals surface area contributed by atoms with Crippen LogP contribution in [0.15, 0.2) is 60.8 Å². The highest BCUT2D eigenvalue weighted by Crippen LogP contribution is 2.40. The van der Waals surface area contributed by atoms with E-state index in [1.54, 1.807) is 0 Å². The van der Waals surface area contributed by atoms with E-state index in [0.29, 0.717) is 12.7 Å². The van der Waals surface area contributed by atoms with Crippen molar-refractivity contribution in [1.29, 1.82) is 0 Å². The quantitative estimate of drug-likeness (QED) is 0.0913. The highest BCUT2D eigenvalue weighted by Gasteiger charge is 2.46. The number of carbonyl (C=O) groups is 4. The number of amides is 4. The van der Waals surface area contributed by atoms with Gasteiger partial charge in [-0.05, 0) is 64.9 Å². The van der Waals surface area contributed by atoms with Gasteiger partial charge in [-0.1, -0.05) is 96.1 Å². The van der Waals surface area contributed by atoms with Crippen LogP contribution in [0.2, 0.25) is 19.1 Å². The molecule has 318 valence electrons. The van der Waals surface area contributed by atoms with E-state index < -0.39 is 32.3 Å². The van der Waals surface area contributed by atoms with E-state index in [4.69, 9.17) is 19.4 Å². The van der Waals surface area contributed by atoms with Gasteiger partial charge >= 0.3 is 12.2 Å². The number of aromatic nitrogens is 4. The Morgan fingerprint density at radius 2 is 1.42 bits per heavy atom. The van der Waals surface area contributed by atoms with Crippen molar-refractivity contribution >= 4 is 53.9 Å². The Bertz CT molecular complexity index is 2380. The van der Waals surface area contributed by atoms with Crippen LogP contribution in [0.4, 0.5) is 9.59 Å². The zero-order valence-corrected chi connectivity index (χ0v) is 36.9. The summed E-state index contributed by atoms with van der Waals surface area (Å²) >= 11 is 0. The molecule has 0 aliphatic carbocycles. The first-order valence-corrected chi connectivity index (χ1v) is 24.5. The Morgan fingerprint density at radius 1 is 0.800 bits per heavy atom. The summed E-state index contributed by atoms with van der Waals surface area (Å²) in [5.74, 6) is 1.16. The molecule has 2 aliphatic rings. The highest BCUT2D eigenvalue weighted by atomic mass is 28.3. The molecule has 60 heavy (non-hydrogen) atoms. The topological polar surface area (TPSA) is 175 Å². The van der Waals surface area contributed by atoms with Gasteiger partial charge in [-0.15, -0.1) is 0 Å². The molecule has 7 rings (SSSR count). The Balaban J connectivity index is 1.09. The third kappa shape index (κ3) is 8.49. The van der Waals surface area contributed by atoms with E-state index in [0.717, 1.165) is 87.6 Å². The standard InChI is InChI=1S/C45H58N8O6Si/c1-9-26(3)37(50-44(56)58-5)42(54)52-21-11-12-35(52)40-46-23-34(48-40)29-15-13-28(14-16-29)30-17-19-32-31(22-30)18-20-33-39(32)49-41(47-33)36-24-60(7,8)25-53(36)43(55)38(27(4)10-2)51-45(57)59-6/h13-20,22-23,26-27,35-38H,9-12,21,24-25H2,1-8H3,(H,46,48)(H,47,49)(H,50,56)(H,51,57)/t26-,27+,35+,36+,37+,38-/m0/s1. The minimum Gasteiger partial charge on any atom is -0.453 e. The van der Waals surface area contributed by atoms with Crippen LogP contribution in [0.3, 0.4) is 0 Å². The molecule has 5 aromatic rings. The number of nitrogens with one attached hydrogen (secondary N) is 4. The fourth-order valence-electron chi connectivity index (χ4n) is 8.81. The van der Waals surface area contributed by atoms with E-state index in [1.165, 1.54) is 14.2 Å². The van der Waals surface area contributed by atoms with Crippen LogP contribution in [0, 0.1) is 11.8 Å². The molecule has 0 unspecified atom stereocenters. The normalized spacial score (nSPS) is 19.5. The molecule has 2 fully saturated rings. The van der Waals surface area contributed by atoms with Gasteiger partial charge in [-0.2, -0.15) is 0 Å². The number of methoxy groups -OCH3 is 2. The number of benzene rings is 3. The van der Waals surface area contributed by atoms with E-state index in [2.05, 4.69) is 88.3 Å². The van der Waals surface area contributed by atoms with Crippen molar-refractivity contribution in [3.05, 3.63) is 72.4 Å². The summed E-state index contributed by atoms with van der Waals surface area (Å²) in [6, 6.07) is 18.0. The third-order valence-corrected chi connectivity index (χ3v) is 15.3. The second-order valence-corrected chi connectivity index (χ2v) is 22.4. The summed E-state index contributed by atoms with van der Waals surface area (Å²) in [6.07, 6.45) is 4.38. The van der Waals surface area contributed by atoms with Crippen molar-refractivity contribution < 1.29 is 28.7 Å². The summed E-state index contributed by atoms with van der Waals surface area (Å²) in [5.41, 5.74) is 5.75. The molecule has 4 heterocycles. The molecule has 2 aromatic heterocycles. The number of ether oxygens (including phenoxy) is 2. The van der Waals surface area contributed by atoms with Crippen LogP contribution >= 0.6 is 0 Å². The first-order valence-electron chi connectivity index (χ1n) is 21.1. The smallest absolute Gasteiger partial charge is 0.407 e. The van der Waals surface area contributed by atoms with Crippen LogP contribution in [0.5, 0.6) is 0 Å². The van der Waals surface area contributed by atoms with Crippen molar-refractivity contribution in [3.63, 3.8) is 0 Å². The maximum Gasteiger partial charge on any atom is 0.407 e. The minimum absolute atomic E-state index is 0.0568. The molecule has 3 aromatic carbocycles. The number of imidazole rings is 2. The number of fused-ring (bicyclic) bond motifs is 3. The zero-order chi connectivity index (χ0) is 42.9.